The molecule has 0 radical (unpaired) electrons. The number of rotatable bonds is 7. The second-order valence-electron chi connectivity index (χ2n) is 7.08. The molecule has 0 fully saturated rings. The Morgan fingerprint density at radius 1 is 1.26 bits per heavy atom. The van der Waals surface area contributed by atoms with Crippen LogP contribution in [-0.4, -0.2) is 35.5 Å². The number of aromatic nitrogens is 3. The zero-order valence-electron chi connectivity index (χ0n) is 17.7. The highest BCUT2D eigenvalue weighted by atomic mass is 35.5. The zero-order valence-corrected chi connectivity index (χ0v) is 20.1. The summed E-state index contributed by atoms with van der Waals surface area (Å²) in [6.45, 7) is 1.57. The van der Waals surface area contributed by atoms with E-state index in [2.05, 4.69) is 15.4 Å². The fourth-order valence-electron chi connectivity index (χ4n) is 3.00. The van der Waals surface area contributed by atoms with Crippen LogP contribution in [-0.2, 0) is 21.2 Å². The molecule has 0 spiro atoms. The van der Waals surface area contributed by atoms with Gasteiger partial charge in [-0.1, -0.05) is 29.9 Å². The summed E-state index contributed by atoms with van der Waals surface area (Å²) in [6, 6.07) is 10.2. The van der Waals surface area contributed by atoms with Crippen molar-refractivity contribution >= 4 is 55.6 Å². The summed E-state index contributed by atoms with van der Waals surface area (Å²) in [6.07, 6.45) is 2.23. The number of hydrogen-bond donors (Lipinski definition) is 2. The van der Waals surface area contributed by atoms with Crippen molar-refractivity contribution in [3.63, 3.8) is 0 Å². The summed E-state index contributed by atoms with van der Waals surface area (Å²) in [5.74, 6) is 0.461. The first-order valence-electron chi connectivity index (χ1n) is 9.89. The van der Waals surface area contributed by atoms with E-state index in [0.29, 0.717) is 43.8 Å². The van der Waals surface area contributed by atoms with Gasteiger partial charge in [0.1, 0.15) is 5.75 Å². The van der Waals surface area contributed by atoms with Crippen LogP contribution < -0.4 is 25.3 Å². The number of anilines is 1. The number of aryl methyl sites for hydroxylation is 1. The quantitative estimate of drug-likeness (QED) is 0.377. The number of nitrogens with two attached hydrogens (primary N) is 1. The SMILES string of the molecule is CCc1nc2s/c(=C\c3cc(Cl)ccc3OCC(=O)Nc3ccc(S(N)(=O)=O)cc3)c(=O)n2n1. The lowest BCUT2D eigenvalue weighted by Gasteiger charge is -2.10. The minimum absolute atomic E-state index is 0.0667. The predicted octanol–water partition coefficient (Wildman–Crippen LogP) is 1.58. The van der Waals surface area contributed by atoms with Crippen molar-refractivity contribution < 1.29 is 17.9 Å². The minimum atomic E-state index is -3.82. The van der Waals surface area contributed by atoms with E-state index in [9.17, 15) is 18.0 Å². The zero-order chi connectivity index (χ0) is 24.5. The van der Waals surface area contributed by atoms with Gasteiger partial charge in [-0.15, -0.1) is 5.10 Å². The second kappa shape index (κ2) is 9.50. The molecule has 4 rings (SSSR count). The van der Waals surface area contributed by atoms with Gasteiger partial charge in [0.2, 0.25) is 15.0 Å². The fraction of sp³-hybridized carbons (Fsp3) is 0.143. The van der Waals surface area contributed by atoms with Gasteiger partial charge in [0.25, 0.3) is 11.5 Å². The van der Waals surface area contributed by atoms with Gasteiger partial charge < -0.3 is 10.1 Å². The Bertz CT molecular complexity index is 1600. The Morgan fingerprint density at radius 2 is 2.00 bits per heavy atom. The average Bonchev–Trinajstić information content (AvgIpc) is 3.32. The van der Waals surface area contributed by atoms with Crippen LogP contribution in [0.25, 0.3) is 11.0 Å². The van der Waals surface area contributed by atoms with Gasteiger partial charge in [-0.25, -0.2) is 18.5 Å². The van der Waals surface area contributed by atoms with Gasteiger partial charge in [-0.05, 0) is 48.5 Å². The molecule has 0 atom stereocenters. The van der Waals surface area contributed by atoms with Crippen molar-refractivity contribution in [2.75, 3.05) is 11.9 Å². The molecular formula is C21H18ClN5O5S2. The predicted molar refractivity (Wildman–Crippen MR) is 129 cm³/mol. The Kier molecular flexibility index (Phi) is 6.66. The third-order valence-electron chi connectivity index (χ3n) is 4.63. The summed E-state index contributed by atoms with van der Waals surface area (Å²) in [5, 5.41) is 12.3. The number of nitrogens with zero attached hydrogens (tertiary/aromatic N) is 3. The molecule has 1 amide bonds. The van der Waals surface area contributed by atoms with Crippen LogP contribution in [0, 0.1) is 0 Å². The number of halogens is 1. The van der Waals surface area contributed by atoms with E-state index < -0.39 is 15.9 Å². The Hall–Kier alpha value is -3.32. The normalized spacial score (nSPS) is 12.3. The molecule has 10 nitrogen and oxygen atoms in total. The number of carbonyl (C=O) groups excluding carboxylic acids is 1. The van der Waals surface area contributed by atoms with Crippen molar-refractivity contribution in [1.82, 2.24) is 14.6 Å². The summed E-state index contributed by atoms with van der Waals surface area (Å²) in [5.41, 5.74) is 0.578. The molecule has 4 aromatic rings. The van der Waals surface area contributed by atoms with E-state index in [4.69, 9.17) is 21.5 Å². The number of carbonyl (C=O) groups is 1. The number of fused-ring (bicyclic) bond motifs is 1. The summed E-state index contributed by atoms with van der Waals surface area (Å²) >= 11 is 7.31. The van der Waals surface area contributed by atoms with E-state index in [-0.39, 0.29) is 17.1 Å². The van der Waals surface area contributed by atoms with E-state index in [1.54, 1.807) is 24.3 Å². The monoisotopic (exact) mass is 519 g/mol. The van der Waals surface area contributed by atoms with E-state index >= 15 is 0 Å². The van der Waals surface area contributed by atoms with Crippen molar-refractivity contribution in [2.24, 2.45) is 5.14 Å². The maximum absolute atomic E-state index is 12.7. The number of amides is 1. The molecule has 0 aliphatic carbocycles. The average molecular weight is 520 g/mol. The van der Waals surface area contributed by atoms with Gasteiger partial charge in [-0.2, -0.15) is 4.52 Å². The molecule has 2 aromatic carbocycles. The highest BCUT2D eigenvalue weighted by Crippen LogP contribution is 2.24. The first-order chi connectivity index (χ1) is 16.1. The molecule has 3 N–H and O–H groups in total. The number of sulfonamides is 1. The van der Waals surface area contributed by atoms with E-state index in [0.717, 1.165) is 0 Å². The maximum atomic E-state index is 12.7. The van der Waals surface area contributed by atoms with E-state index in [1.807, 2.05) is 6.92 Å². The molecular weight excluding hydrogens is 502 g/mol. The van der Waals surface area contributed by atoms with Crippen LogP contribution in [0.15, 0.2) is 52.2 Å². The van der Waals surface area contributed by atoms with Crippen LogP contribution in [0.5, 0.6) is 5.75 Å². The number of primary sulfonamides is 1. The summed E-state index contributed by atoms with van der Waals surface area (Å²) < 4.78 is 30.0. The molecule has 2 heterocycles. The highest BCUT2D eigenvalue weighted by molar-refractivity contribution is 7.89. The molecule has 0 aliphatic heterocycles. The van der Waals surface area contributed by atoms with Crippen molar-refractivity contribution in [2.45, 2.75) is 18.2 Å². The Labute approximate surface area is 202 Å². The molecule has 0 bridgehead atoms. The Morgan fingerprint density at radius 3 is 2.65 bits per heavy atom. The Balaban J connectivity index is 1.52. The van der Waals surface area contributed by atoms with Crippen molar-refractivity contribution in [3.05, 3.63) is 73.8 Å². The molecule has 0 saturated heterocycles. The first-order valence-corrected chi connectivity index (χ1v) is 12.6. The van der Waals surface area contributed by atoms with Crippen molar-refractivity contribution in [3.8, 4) is 5.75 Å². The lowest BCUT2D eigenvalue weighted by Crippen LogP contribution is -2.24. The van der Waals surface area contributed by atoms with Crippen molar-refractivity contribution in [1.29, 1.82) is 0 Å². The molecule has 34 heavy (non-hydrogen) atoms. The molecule has 2 aromatic heterocycles. The van der Waals surface area contributed by atoms with Gasteiger partial charge in [0.05, 0.1) is 9.43 Å². The lowest BCUT2D eigenvalue weighted by molar-refractivity contribution is -0.118. The number of thiazole rings is 1. The molecule has 0 aliphatic rings. The van der Waals surface area contributed by atoms with Crippen LogP contribution in [0.2, 0.25) is 5.02 Å². The molecule has 0 unspecified atom stereocenters. The summed E-state index contributed by atoms with van der Waals surface area (Å²) in [4.78, 5) is 29.7. The number of ether oxygens (including phenoxy) is 1. The minimum Gasteiger partial charge on any atom is -0.483 e. The van der Waals surface area contributed by atoms with Crippen LogP contribution in [0.1, 0.15) is 18.3 Å². The fourth-order valence-corrected chi connectivity index (χ4v) is 4.61. The van der Waals surface area contributed by atoms with Gasteiger partial charge in [0.15, 0.2) is 12.4 Å². The second-order valence-corrected chi connectivity index (χ2v) is 10.1. The topological polar surface area (TPSA) is 146 Å². The maximum Gasteiger partial charge on any atom is 0.291 e. The third kappa shape index (κ3) is 5.25. The smallest absolute Gasteiger partial charge is 0.291 e. The van der Waals surface area contributed by atoms with Crippen LogP contribution >= 0.6 is 22.9 Å². The number of benzene rings is 2. The third-order valence-corrected chi connectivity index (χ3v) is 6.75. The largest absolute Gasteiger partial charge is 0.483 e. The van der Waals surface area contributed by atoms with Gasteiger partial charge in [-0.3, -0.25) is 9.59 Å². The van der Waals surface area contributed by atoms with Gasteiger partial charge >= 0.3 is 0 Å². The van der Waals surface area contributed by atoms with E-state index in [1.165, 1.54) is 40.1 Å². The first kappa shape index (κ1) is 23.8. The highest BCUT2D eigenvalue weighted by Gasteiger charge is 2.12. The summed E-state index contributed by atoms with van der Waals surface area (Å²) in [7, 11) is -3.82. The molecule has 0 saturated carbocycles. The molecule has 13 heteroatoms. The van der Waals surface area contributed by atoms with Crippen LogP contribution in [0.3, 0.4) is 0 Å². The standard InChI is InChI=1S/C21H18ClN5O5S2/c1-2-18-25-21-27(26-18)20(29)17(33-21)10-12-9-13(22)3-8-16(12)32-11-19(28)24-14-4-6-15(7-5-14)34(23,30)31/h3-10H,2,11H2,1H3,(H,24,28)(H2,23,30,31)/b17-10-. The van der Waals surface area contributed by atoms with Crippen LogP contribution in [0.4, 0.5) is 5.69 Å². The van der Waals surface area contributed by atoms with Gasteiger partial charge in [0, 0.05) is 22.7 Å². The lowest BCUT2D eigenvalue weighted by atomic mass is 10.2. The molecule has 176 valence electrons. The number of nitrogens with one attached hydrogen (secondary N) is 1. The number of hydrogen-bond acceptors (Lipinski definition) is 8.